The Morgan fingerprint density at radius 1 is 1.28 bits per heavy atom. The van der Waals surface area contributed by atoms with Crippen LogP contribution in [0.1, 0.15) is 23.8 Å². The molecular formula is C19H21N5O5. The summed E-state index contributed by atoms with van der Waals surface area (Å²) in [6.45, 7) is 2.13. The van der Waals surface area contributed by atoms with Crippen LogP contribution in [-0.2, 0) is 11.3 Å². The fraction of sp³-hybridized carbons (Fsp3) is 0.368. The van der Waals surface area contributed by atoms with Crippen molar-refractivity contribution >= 4 is 0 Å². The van der Waals surface area contributed by atoms with E-state index in [9.17, 15) is 19.8 Å². The summed E-state index contributed by atoms with van der Waals surface area (Å²) in [5.74, 6) is 0. The normalized spacial score (nSPS) is 21.6. The van der Waals surface area contributed by atoms with Gasteiger partial charge in [-0.2, -0.15) is 0 Å². The smallest absolute Gasteiger partial charge is 0.330 e. The molecule has 0 spiro atoms. The Morgan fingerprint density at radius 3 is 2.79 bits per heavy atom. The number of hydrogen-bond acceptors (Lipinski definition) is 7. The number of ether oxygens (including phenoxy) is 1. The molecule has 0 radical (unpaired) electrons. The van der Waals surface area contributed by atoms with Crippen LogP contribution in [-0.4, -0.2) is 53.6 Å². The lowest BCUT2D eigenvalue weighted by Gasteiger charge is -2.14. The topological polar surface area (TPSA) is 135 Å². The first-order valence-electron chi connectivity index (χ1n) is 9.21. The number of benzene rings is 1. The number of hydrogen-bond donors (Lipinski definition) is 3. The van der Waals surface area contributed by atoms with Crippen molar-refractivity contribution < 1.29 is 14.9 Å². The number of aliphatic hydroxyl groups excluding tert-OH is 2. The number of nitrogens with one attached hydrogen (secondary N) is 1. The molecule has 10 nitrogen and oxygen atoms in total. The van der Waals surface area contributed by atoms with Gasteiger partial charge in [0.2, 0.25) is 0 Å². The first kappa shape index (κ1) is 19.2. The average molecular weight is 399 g/mol. The van der Waals surface area contributed by atoms with Gasteiger partial charge in [0.15, 0.2) is 0 Å². The molecule has 3 atom stereocenters. The van der Waals surface area contributed by atoms with E-state index < -0.39 is 29.7 Å². The van der Waals surface area contributed by atoms with E-state index in [1.54, 1.807) is 10.9 Å². The van der Waals surface area contributed by atoms with E-state index in [4.69, 9.17) is 4.74 Å². The standard InChI is InChI=1S/C19H21N5O5/c1-11-4-2-3-5-12(11)7-23-9-14(21-22-23)13-8-24(19(28)20-18(13)27)17-6-15(26)16(10-25)29-17/h2-5,8-9,15-17,25-26H,6-7,10H2,1H3,(H,20,27,28)/t15?,16-,17-/m0/s1. The van der Waals surface area contributed by atoms with Crippen molar-refractivity contribution in [2.45, 2.75) is 38.3 Å². The summed E-state index contributed by atoms with van der Waals surface area (Å²) in [5, 5.41) is 27.3. The molecule has 152 valence electrons. The number of H-pyrrole nitrogens is 1. The molecule has 0 bridgehead atoms. The van der Waals surface area contributed by atoms with Crippen molar-refractivity contribution in [2.24, 2.45) is 0 Å². The zero-order valence-electron chi connectivity index (χ0n) is 15.7. The minimum atomic E-state index is -0.901. The minimum absolute atomic E-state index is 0.122. The molecule has 29 heavy (non-hydrogen) atoms. The summed E-state index contributed by atoms with van der Waals surface area (Å²) < 4.78 is 8.32. The molecule has 3 heterocycles. The lowest BCUT2D eigenvalue weighted by atomic mass is 10.1. The van der Waals surface area contributed by atoms with Crippen LogP contribution < -0.4 is 11.2 Å². The third-order valence-corrected chi connectivity index (χ3v) is 5.07. The van der Waals surface area contributed by atoms with Crippen molar-refractivity contribution in [3.8, 4) is 11.3 Å². The molecule has 0 saturated carbocycles. The third-order valence-electron chi connectivity index (χ3n) is 5.07. The van der Waals surface area contributed by atoms with Crippen LogP contribution in [0.4, 0.5) is 0 Å². The van der Waals surface area contributed by atoms with Crippen LogP contribution in [0.25, 0.3) is 11.3 Å². The zero-order chi connectivity index (χ0) is 20.5. The lowest BCUT2D eigenvalue weighted by Crippen LogP contribution is -2.33. The number of aromatic nitrogens is 5. The Hall–Kier alpha value is -3.08. The molecule has 3 N–H and O–H groups in total. The summed E-state index contributed by atoms with van der Waals surface area (Å²) in [6.07, 6.45) is 0.621. The molecule has 0 aliphatic carbocycles. The largest absolute Gasteiger partial charge is 0.394 e. The van der Waals surface area contributed by atoms with E-state index in [0.29, 0.717) is 12.2 Å². The summed E-state index contributed by atoms with van der Waals surface area (Å²) in [7, 11) is 0. The van der Waals surface area contributed by atoms with Crippen molar-refractivity contribution in [3.63, 3.8) is 0 Å². The molecule has 1 saturated heterocycles. The second kappa shape index (κ2) is 7.74. The van der Waals surface area contributed by atoms with Gasteiger partial charge in [0.25, 0.3) is 5.56 Å². The van der Waals surface area contributed by atoms with E-state index in [2.05, 4.69) is 15.3 Å². The van der Waals surface area contributed by atoms with Gasteiger partial charge in [-0.05, 0) is 18.1 Å². The Kier molecular flexibility index (Phi) is 5.14. The molecule has 10 heteroatoms. The highest BCUT2D eigenvalue weighted by Crippen LogP contribution is 2.27. The zero-order valence-corrected chi connectivity index (χ0v) is 15.7. The van der Waals surface area contributed by atoms with Gasteiger partial charge >= 0.3 is 5.69 Å². The van der Waals surface area contributed by atoms with Crippen LogP contribution >= 0.6 is 0 Å². The van der Waals surface area contributed by atoms with Gasteiger partial charge in [-0.1, -0.05) is 29.5 Å². The summed E-state index contributed by atoms with van der Waals surface area (Å²) in [5.41, 5.74) is 1.41. The maximum Gasteiger partial charge on any atom is 0.330 e. The van der Waals surface area contributed by atoms with Crippen molar-refractivity contribution in [2.75, 3.05) is 6.61 Å². The van der Waals surface area contributed by atoms with Gasteiger partial charge in [-0.25, -0.2) is 9.48 Å². The van der Waals surface area contributed by atoms with Crippen LogP contribution in [0.5, 0.6) is 0 Å². The Morgan fingerprint density at radius 2 is 2.07 bits per heavy atom. The van der Waals surface area contributed by atoms with Gasteiger partial charge in [-0.3, -0.25) is 14.3 Å². The molecule has 1 unspecified atom stereocenters. The molecule has 3 aromatic rings. The fourth-order valence-electron chi connectivity index (χ4n) is 3.39. The Balaban J connectivity index is 1.64. The van der Waals surface area contributed by atoms with Crippen LogP contribution in [0.2, 0.25) is 0 Å². The summed E-state index contributed by atoms with van der Waals surface area (Å²) in [6, 6.07) is 7.89. The Bertz CT molecular complexity index is 1130. The highest BCUT2D eigenvalue weighted by atomic mass is 16.5. The number of aromatic amines is 1. The monoisotopic (exact) mass is 399 g/mol. The van der Waals surface area contributed by atoms with Crippen LogP contribution in [0, 0.1) is 6.92 Å². The van der Waals surface area contributed by atoms with Gasteiger partial charge in [-0.15, -0.1) is 5.10 Å². The molecule has 4 rings (SSSR count). The fourth-order valence-corrected chi connectivity index (χ4v) is 3.39. The number of rotatable bonds is 5. The molecular weight excluding hydrogens is 378 g/mol. The van der Waals surface area contributed by atoms with E-state index in [0.717, 1.165) is 11.1 Å². The van der Waals surface area contributed by atoms with Gasteiger partial charge in [0, 0.05) is 12.6 Å². The predicted octanol–water partition coefficient (Wildman–Crippen LogP) is -0.207. The van der Waals surface area contributed by atoms with Crippen molar-refractivity contribution in [1.29, 1.82) is 0 Å². The first-order chi connectivity index (χ1) is 14.0. The third kappa shape index (κ3) is 3.77. The van der Waals surface area contributed by atoms with Crippen molar-refractivity contribution in [1.82, 2.24) is 24.5 Å². The van der Waals surface area contributed by atoms with E-state index in [-0.39, 0.29) is 18.6 Å². The molecule has 1 aliphatic rings. The maximum absolute atomic E-state index is 12.3. The molecule has 2 aromatic heterocycles. The van der Waals surface area contributed by atoms with E-state index >= 15 is 0 Å². The van der Waals surface area contributed by atoms with Gasteiger partial charge in [0.1, 0.15) is 18.0 Å². The second-order valence-electron chi connectivity index (χ2n) is 7.05. The number of aryl methyl sites for hydroxylation is 1. The minimum Gasteiger partial charge on any atom is -0.394 e. The van der Waals surface area contributed by atoms with Gasteiger partial charge < -0.3 is 14.9 Å². The number of nitrogens with zero attached hydrogens (tertiary/aromatic N) is 4. The second-order valence-corrected chi connectivity index (χ2v) is 7.05. The van der Waals surface area contributed by atoms with Gasteiger partial charge in [0.05, 0.1) is 31.0 Å². The molecule has 0 amide bonds. The predicted molar refractivity (Wildman–Crippen MR) is 102 cm³/mol. The highest BCUT2D eigenvalue weighted by molar-refractivity contribution is 5.54. The molecule has 1 aliphatic heterocycles. The van der Waals surface area contributed by atoms with E-state index in [1.165, 1.54) is 10.8 Å². The molecule has 1 aromatic carbocycles. The molecule has 1 fully saturated rings. The Labute approximate surface area is 165 Å². The lowest BCUT2D eigenvalue weighted by molar-refractivity contribution is -0.0458. The van der Waals surface area contributed by atoms with Crippen LogP contribution in [0.3, 0.4) is 0 Å². The van der Waals surface area contributed by atoms with E-state index in [1.807, 2.05) is 31.2 Å². The average Bonchev–Trinajstić information content (AvgIpc) is 3.30. The summed E-state index contributed by atoms with van der Waals surface area (Å²) in [4.78, 5) is 26.8. The maximum atomic E-state index is 12.3. The number of aliphatic hydroxyl groups is 2. The first-order valence-corrected chi connectivity index (χ1v) is 9.21. The summed E-state index contributed by atoms with van der Waals surface area (Å²) >= 11 is 0. The van der Waals surface area contributed by atoms with Crippen molar-refractivity contribution in [3.05, 3.63) is 68.6 Å². The highest BCUT2D eigenvalue weighted by Gasteiger charge is 2.35. The SMILES string of the molecule is Cc1ccccc1Cn1cc(-c2cn([C@@H]3CC(O)[C@H](CO)O3)c(=O)[nH]c2=O)nn1. The van der Waals surface area contributed by atoms with Crippen LogP contribution in [0.15, 0.2) is 46.2 Å². The quantitative estimate of drug-likeness (QED) is 0.540.